The number of benzene rings is 1. The number of nitrogens with zero attached hydrogens (tertiary/aromatic N) is 3. The lowest BCUT2D eigenvalue weighted by molar-refractivity contribution is -0.146. The summed E-state index contributed by atoms with van der Waals surface area (Å²) in [7, 11) is 1.70. The summed E-state index contributed by atoms with van der Waals surface area (Å²) in [6.45, 7) is 2.99. The van der Waals surface area contributed by atoms with Crippen LogP contribution < -0.4 is 9.64 Å². The fourth-order valence-electron chi connectivity index (χ4n) is 5.81. The van der Waals surface area contributed by atoms with Gasteiger partial charge in [-0.2, -0.15) is 0 Å². The molecule has 4 aliphatic rings. The zero-order valence-electron chi connectivity index (χ0n) is 18.0. The first-order chi connectivity index (χ1) is 14.7. The number of amides is 2. The third-order valence-corrected chi connectivity index (χ3v) is 7.57. The number of fused-ring (bicyclic) bond motifs is 1. The number of rotatable bonds is 4. The molecule has 2 heterocycles. The van der Waals surface area contributed by atoms with Crippen LogP contribution in [0, 0.1) is 11.8 Å². The molecule has 2 saturated carbocycles. The van der Waals surface area contributed by atoms with Crippen LogP contribution >= 0.6 is 0 Å². The van der Waals surface area contributed by atoms with Gasteiger partial charge in [0.25, 0.3) is 0 Å². The topological polar surface area (TPSA) is 53.1 Å². The van der Waals surface area contributed by atoms with Gasteiger partial charge in [0.05, 0.1) is 12.8 Å². The third kappa shape index (κ3) is 3.54. The Balaban J connectivity index is 1.28. The summed E-state index contributed by atoms with van der Waals surface area (Å²) in [6.07, 6.45) is 7.56. The van der Waals surface area contributed by atoms with Crippen LogP contribution in [0.25, 0.3) is 0 Å². The largest absolute Gasteiger partial charge is 0.495 e. The smallest absolute Gasteiger partial charge is 0.245 e. The Bertz CT molecular complexity index is 801. The maximum absolute atomic E-state index is 13.6. The zero-order valence-corrected chi connectivity index (χ0v) is 18.0. The monoisotopic (exact) mass is 411 g/mol. The third-order valence-electron chi connectivity index (χ3n) is 7.57. The number of para-hydroxylation sites is 2. The molecule has 6 heteroatoms. The van der Waals surface area contributed by atoms with Gasteiger partial charge in [-0.05, 0) is 50.2 Å². The van der Waals surface area contributed by atoms with Gasteiger partial charge in [0.15, 0.2) is 0 Å². The summed E-state index contributed by atoms with van der Waals surface area (Å²) in [5.41, 5.74) is 1.09. The lowest BCUT2D eigenvalue weighted by Crippen LogP contribution is -2.55. The standard InChI is InChI=1S/C24H33N3O3/c1-30-22-9-5-4-8-20(22)25-12-14-26(15-13-25)24(29)21-16-18-6-2-3-7-19(18)27(21)23(28)17-10-11-17/h4-5,8-9,17-19,21H,2-3,6-7,10-16H2,1H3. The van der Waals surface area contributed by atoms with Crippen LogP contribution in [0.3, 0.4) is 0 Å². The molecule has 2 aliphatic carbocycles. The second-order valence-corrected chi connectivity index (χ2v) is 9.37. The molecule has 0 radical (unpaired) electrons. The molecule has 3 unspecified atom stereocenters. The molecule has 5 rings (SSSR count). The number of ether oxygens (including phenoxy) is 1. The first-order valence-corrected chi connectivity index (χ1v) is 11.7. The van der Waals surface area contributed by atoms with E-state index in [0.29, 0.717) is 25.0 Å². The van der Waals surface area contributed by atoms with Crippen LogP contribution in [0.1, 0.15) is 44.9 Å². The fraction of sp³-hybridized carbons (Fsp3) is 0.667. The number of hydrogen-bond acceptors (Lipinski definition) is 4. The number of methoxy groups -OCH3 is 1. The van der Waals surface area contributed by atoms with E-state index in [2.05, 4.69) is 15.9 Å². The van der Waals surface area contributed by atoms with Gasteiger partial charge >= 0.3 is 0 Å². The molecule has 4 fully saturated rings. The Morgan fingerprint density at radius 2 is 1.67 bits per heavy atom. The van der Waals surface area contributed by atoms with E-state index in [1.165, 1.54) is 19.3 Å². The first-order valence-electron chi connectivity index (χ1n) is 11.7. The Morgan fingerprint density at radius 3 is 2.40 bits per heavy atom. The van der Waals surface area contributed by atoms with Crippen molar-refractivity contribution in [3.63, 3.8) is 0 Å². The molecule has 0 spiro atoms. The Kier molecular flexibility index (Phi) is 5.34. The van der Waals surface area contributed by atoms with Crippen LogP contribution in [-0.2, 0) is 9.59 Å². The Labute approximate surface area is 179 Å². The minimum absolute atomic E-state index is 0.179. The van der Waals surface area contributed by atoms with E-state index >= 15 is 0 Å². The summed E-state index contributed by atoms with van der Waals surface area (Å²) in [4.78, 5) is 33.0. The Morgan fingerprint density at radius 1 is 0.933 bits per heavy atom. The summed E-state index contributed by atoms with van der Waals surface area (Å²) in [6, 6.07) is 8.13. The molecule has 2 aliphatic heterocycles. The van der Waals surface area contributed by atoms with Gasteiger partial charge in [-0.25, -0.2) is 0 Å². The van der Waals surface area contributed by atoms with Gasteiger partial charge in [-0.3, -0.25) is 9.59 Å². The van der Waals surface area contributed by atoms with E-state index in [1.54, 1.807) is 7.11 Å². The van der Waals surface area contributed by atoms with Crippen molar-refractivity contribution in [2.24, 2.45) is 11.8 Å². The average molecular weight is 412 g/mol. The van der Waals surface area contributed by atoms with Gasteiger partial charge < -0.3 is 19.4 Å². The highest BCUT2D eigenvalue weighted by Gasteiger charge is 2.51. The van der Waals surface area contributed by atoms with E-state index in [-0.39, 0.29) is 23.8 Å². The van der Waals surface area contributed by atoms with E-state index in [9.17, 15) is 9.59 Å². The summed E-state index contributed by atoms with van der Waals surface area (Å²) >= 11 is 0. The van der Waals surface area contributed by atoms with E-state index in [1.807, 2.05) is 23.1 Å². The van der Waals surface area contributed by atoms with Gasteiger partial charge in [0.2, 0.25) is 11.8 Å². The lowest BCUT2D eigenvalue weighted by Gasteiger charge is -2.39. The van der Waals surface area contributed by atoms with Gasteiger partial charge in [0, 0.05) is 38.1 Å². The molecule has 1 aromatic rings. The van der Waals surface area contributed by atoms with Crippen LogP contribution in [0.15, 0.2) is 24.3 Å². The quantitative estimate of drug-likeness (QED) is 0.765. The van der Waals surface area contributed by atoms with Crippen molar-refractivity contribution in [3.05, 3.63) is 24.3 Å². The zero-order chi connectivity index (χ0) is 20.7. The van der Waals surface area contributed by atoms with Crippen molar-refractivity contribution in [1.29, 1.82) is 0 Å². The lowest BCUT2D eigenvalue weighted by atomic mass is 9.84. The molecule has 0 bridgehead atoms. The normalized spacial score (nSPS) is 29.0. The molecule has 0 aromatic heterocycles. The number of piperazine rings is 1. The van der Waals surface area contributed by atoms with Crippen LogP contribution in [-0.4, -0.2) is 67.0 Å². The van der Waals surface area contributed by atoms with E-state index in [4.69, 9.17) is 4.74 Å². The highest BCUT2D eigenvalue weighted by Crippen LogP contribution is 2.43. The molecule has 6 nitrogen and oxygen atoms in total. The van der Waals surface area contributed by atoms with E-state index in [0.717, 1.165) is 50.2 Å². The van der Waals surface area contributed by atoms with Crippen molar-refractivity contribution in [1.82, 2.24) is 9.80 Å². The summed E-state index contributed by atoms with van der Waals surface area (Å²) in [5.74, 6) is 2.01. The first kappa shape index (κ1) is 19.7. The summed E-state index contributed by atoms with van der Waals surface area (Å²) in [5, 5.41) is 0. The van der Waals surface area contributed by atoms with Crippen molar-refractivity contribution in [2.45, 2.75) is 57.0 Å². The predicted octanol–water partition coefficient (Wildman–Crippen LogP) is 2.91. The molecule has 2 amide bonds. The van der Waals surface area contributed by atoms with E-state index < -0.39 is 0 Å². The van der Waals surface area contributed by atoms with Crippen LogP contribution in [0.5, 0.6) is 5.75 Å². The predicted molar refractivity (Wildman–Crippen MR) is 116 cm³/mol. The highest BCUT2D eigenvalue weighted by molar-refractivity contribution is 5.90. The van der Waals surface area contributed by atoms with Gasteiger partial charge in [0.1, 0.15) is 11.8 Å². The molecular formula is C24H33N3O3. The molecular weight excluding hydrogens is 378 g/mol. The van der Waals surface area contributed by atoms with Crippen LogP contribution in [0.2, 0.25) is 0 Å². The second-order valence-electron chi connectivity index (χ2n) is 9.37. The minimum Gasteiger partial charge on any atom is -0.495 e. The SMILES string of the molecule is COc1ccccc1N1CCN(C(=O)C2CC3CCCCC3N2C(=O)C2CC2)CC1. The van der Waals surface area contributed by atoms with Crippen molar-refractivity contribution >= 4 is 17.5 Å². The molecule has 30 heavy (non-hydrogen) atoms. The number of anilines is 1. The molecule has 0 N–H and O–H groups in total. The molecule has 1 aromatic carbocycles. The number of likely N-dealkylation sites (tertiary alicyclic amines) is 1. The minimum atomic E-state index is -0.232. The van der Waals surface area contributed by atoms with Crippen molar-refractivity contribution < 1.29 is 14.3 Å². The maximum atomic E-state index is 13.6. The fourth-order valence-corrected chi connectivity index (χ4v) is 5.81. The van der Waals surface area contributed by atoms with Crippen molar-refractivity contribution in [3.8, 4) is 5.75 Å². The van der Waals surface area contributed by atoms with Crippen LogP contribution in [0.4, 0.5) is 5.69 Å². The number of hydrogen-bond donors (Lipinski definition) is 0. The van der Waals surface area contributed by atoms with Gasteiger partial charge in [-0.1, -0.05) is 25.0 Å². The highest BCUT2D eigenvalue weighted by atomic mass is 16.5. The average Bonchev–Trinajstić information content (AvgIpc) is 3.58. The molecule has 162 valence electrons. The van der Waals surface area contributed by atoms with Crippen molar-refractivity contribution in [2.75, 3.05) is 38.2 Å². The van der Waals surface area contributed by atoms with Gasteiger partial charge in [-0.15, -0.1) is 0 Å². The summed E-state index contributed by atoms with van der Waals surface area (Å²) < 4.78 is 5.51. The Hall–Kier alpha value is -2.24. The molecule has 3 atom stereocenters. The second kappa shape index (κ2) is 8.12. The number of carbonyl (C=O) groups excluding carboxylic acids is 2. The maximum Gasteiger partial charge on any atom is 0.245 e. The molecule has 2 saturated heterocycles. The number of carbonyl (C=O) groups is 2.